The minimum Gasteiger partial charge on any atom is -0.502 e. The van der Waals surface area contributed by atoms with Crippen LogP contribution in [0.5, 0.6) is 11.5 Å². The van der Waals surface area contributed by atoms with E-state index in [4.69, 9.17) is 4.74 Å². The summed E-state index contributed by atoms with van der Waals surface area (Å²) in [6.07, 6.45) is 2.02. The van der Waals surface area contributed by atoms with E-state index in [0.29, 0.717) is 0 Å². The highest BCUT2D eigenvalue weighted by Crippen LogP contribution is 2.41. The molecule has 16 heavy (non-hydrogen) atoms. The normalized spacial score (nSPS) is 24.7. The Labute approximate surface area is 94.2 Å². The van der Waals surface area contributed by atoms with Gasteiger partial charge in [-0.05, 0) is 32.4 Å². The maximum absolute atomic E-state index is 13.2. The number of nitrogens with one attached hydrogen (secondary N) is 1. The molecule has 0 saturated carbocycles. The molecule has 1 unspecified atom stereocenters. The Balaban J connectivity index is 2.52. The molecule has 2 rings (SSSR count). The van der Waals surface area contributed by atoms with Gasteiger partial charge in [0, 0.05) is 11.1 Å². The Bertz CT molecular complexity index is 400. The molecule has 1 aromatic rings. The summed E-state index contributed by atoms with van der Waals surface area (Å²) in [6, 6.07) is 2.95. The summed E-state index contributed by atoms with van der Waals surface area (Å²) in [4.78, 5) is 0. The second-order valence-corrected chi connectivity index (χ2v) is 4.34. The molecule has 0 aromatic heterocycles. The fraction of sp³-hybridized carbons (Fsp3) is 0.500. The minimum absolute atomic E-state index is 0.233. The highest BCUT2D eigenvalue weighted by molar-refractivity contribution is 5.50. The summed E-state index contributed by atoms with van der Waals surface area (Å²) in [5, 5.41) is 13.0. The predicted octanol–water partition coefficient (Wildman–Crippen LogP) is 2.14. The Morgan fingerprint density at radius 2 is 2.25 bits per heavy atom. The van der Waals surface area contributed by atoms with Crippen molar-refractivity contribution in [1.82, 2.24) is 5.32 Å². The molecule has 88 valence electrons. The molecule has 1 saturated heterocycles. The number of methoxy groups -OCH3 is 1. The van der Waals surface area contributed by atoms with Gasteiger partial charge in [0.25, 0.3) is 0 Å². The minimum atomic E-state index is -0.651. The van der Waals surface area contributed by atoms with Crippen LogP contribution in [0.1, 0.15) is 25.3 Å². The van der Waals surface area contributed by atoms with Gasteiger partial charge in [0.05, 0.1) is 7.11 Å². The summed E-state index contributed by atoms with van der Waals surface area (Å²) in [5.74, 6) is -0.825. The van der Waals surface area contributed by atoms with Crippen LogP contribution in [-0.2, 0) is 5.54 Å². The summed E-state index contributed by atoms with van der Waals surface area (Å²) in [5.41, 5.74) is 0.572. The zero-order chi connectivity index (χ0) is 11.8. The van der Waals surface area contributed by atoms with E-state index in [1.807, 2.05) is 6.92 Å². The number of aromatic hydroxyl groups is 1. The van der Waals surface area contributed by atoms with Gasteiger partial charge in [-0.3, -0.25) is 0 Å². The van der Waals surface area contributed by atoms with E-state index in [1.54, 1.807) is 6.07 Å². The van der Waals surface area contributed by atoms with Crippen molar-refractivity contribution < 1.29 is 14.2 Å². The Hall–Kier alpha value is -1.29. The first-order chi connectivity index (χ1) is 7.58. The van der Waals surface area contributed by atoms with Crippen LogP contribution in [0, 0.1) is 5.82 Å². The molecule has 0 amide bonds. The Kier molecular flexibility index (Phi) is 2.76. The van der Waals surface area contributed by atoms with Crippen LogP contribution in [0.4, 0.5) is 4.39 Å². The van der Waals surface area contributed by atoms with Gasteiger partial charge in [0.15, 0.2) is 17.3 Å². The van der Waals surface area contributed by atoms with E-state index < -0.39 is 11.6 Å². The summed E-state index contributed by atoms with van der Waals surface area (Å²) >= 11 is 0. The molecule has 1 aliphatic rings. The first-order valence-corrected chi connectivity index (χ1v) is 5.39. The molecule has 4 heteroatoms. The second kappa shape index (κ2) is 3.94. The topological polar surface area (TPSA) is 41.5 Å². The summed E-state index contributed by atoms with van der Waals surface area (Å²) in [7, 11) is 1.44. The van der Waals surface area contributed by atoms with Crippen LogP contribution < -0.4 is 10.1 Å². The summed E-state index contributed by atoms with van der Waals surface area (Å²) in [6.45, 7) is 2.97. The predicted molar refractivity (Wildman–Crippen MR) is 59.2 cm³/mol. The highest BCUT2D eigenvalue weighted by Gasteiger charge is 2.34. The number of hydrogen-bond acceptors (Lipinski definition) is 3. The van der Waals surface area contributed by atoms with Crippen molar-refractivity contribution in [1.29, 1.82) is 0 Å². The lowest BCUT2D eigenvalue weighted by Gasteiger charge is -2.27. The van der Waals surface area contributed by atoms with Crippen LogP contribution in [0.3, 0.4) is 0 Å². The van der Waals surface area contributed by atoms with E-state index >= 15 is 0 Å². The zero-order valence-corrected chi connectivity index (χ0v) is 9.51. The van der Waals surface area contributed by atoms with Gasteiger partial charge in [0.2, 0.25) is 0 Å². The molecule has 2 N–H and O–H groups in total. The maximum Gasteiger partial charge on any atom is 0.194 e. The lowest BCUT2D eigenvalue weighted by Crippen LogP contribution is -2.33. The maximum atomic E-state index is 13.2. The van der Waals surface area contributed by atoms with Gasteiger partial charge in [-0.2, -0.15) is 0 Å². The average Bonchev–Trinajstić information content (AvgIpc) is 2.70. The third-order valence-electron chi connectivity index (χ3n) is 3.25. The van der Waals surface area contributed by atoms with E-state index in [2.05, 4.69) is 5.32 Å². The van der Waals surface area contributed by atoms with Crippen LogP contribution in [0.2, 0.25) is 0 Å². The largest absolute Gasteiger partial charge is 0.502 e. The Morgan fingerprint density at radius 1 is 1.50 bits per heavy atom. The number of halogens is 1. The van der Waals surface area contributed by atoms with Crippen molar-refractivity contribution in [2.45, 2.75) is 25.3 Å². The molecule has 1 aliphatic heterocycles. The number of rotatable bonds is 2. The standard InChI is InChI=1S/C12H16FNO2/c1-12(6-3-7-14-12)8-4-5-9(13)10(15)11(8)16-2/h4-5,14-15H,3,6-7H2,1-2H3. The third kappa shape index (κ3) is 1.63. The van der Waals surface area contributed by atoms with Crippen LogP contribution >= 0.6 is 0 Å². The number of phenolic OH excluding ortho intramolecular Hbond substituents is 1. The van der Waals surface area contributed by atoms with E-state index in [1.165, 1.54) is 13.2 Å². The average molecular weight is 225 g/mol. The third-order valence-corrected chi connectivity index (χ3v) is 3.25. The van der Waals surface area contributed by atoms with Crippen molar-refractivity contribution in [2.24, 2.45) is 0 Å². The van der Waals surface area contributed by atoms with Crippen molar-refractivity contribution in [3.8, 4) is 11.5 Å². The van der Waals surface area contributed by atoms with E-state index in [-0.39, 0.29) is 11.3 Å². The molecular formula is C12H16FNO2. The first kappa shape index (κ1) is 11.2. The van der Waals surface area contributed by atoms with Crippen molar-refractivity contribution in [3.05, 3.63) is 23.5 Å². The quantitative estimate of drug-likeness (QED) is 0.810. The van der Waals surface area contributed by atoms with Crippen LogP contribution in [0.25, 0.3) is 0 Å². The molecule has 1 fully saturated rings. The number of phenols is 1. The monoisotopic (exact) mass is 225 g/mol. The fourth-order valence-electron chi connectivity index (χ4n) is 2.31. The zero-order valence-electron chi connectivity index (χ0n) is 9.51. The molecule has 1 aromatic carbocycles. The molecule has 1 heterocycles. The van der Waals surface area contributed by atoms with Gasteiger partial charge in [-0.15, -0.1) is 0 Å². The number of hydrogen-bond donors (Lipinski definition) is 2. The highest BCUT2D eigenvalue weighted by atomic mass is 19.1. The molecule has 0 aliphatic carbocycles. The van der Waals surface area contributed by atoms with Gasteiger partial charge in [0.1, 0.15) is 0 Å². The second-order valence-electron chi connectivity index (χ2n) is 4.34. The van der Waals surface area contributed by atoms with Gasteiger partial charge in [-0.25, -0.2) is 4.39 Å². The SMILES string of the molecule is COc1c(C2(C)CCCN2)ccc(F)c1O. The lowest BCUT2D eigenvalue weighted by atomic mass is 9.89. The van der Waals surface area contributed by atoms with Gasteiger partial charge in [-0.1, -0.05) is 6.07 Å². The van der Waals surface area contributed by atoms with Crippen LogP contribution in [-0.4, -0.2) is 18.8 Å². The van der Waals surface area contributed by atoms with Crippen molar-refractivity contribution in [3.63, 3.8) is 0 Å². The molecule has 0 radical (unpaired) electrons. The summed E-state index contributed by atoms with van der Waals surface area (Å²) < 4.78 is 18.3. The number of ether oxygens (including phenoxy) is 1. The number of benzene rings is 1. The smallest absolute Gasteiger partial charge is 0.194 e. The molecule has 0 bridgehead atoms. The Morgan fingerprint density at radius 3 is 2.81 bits per heavy atom. The fourth-order valence-corrected chi connectivity index (χ4v) is 2.31. The molecule has 1 atom stereocenters. The molecule has 3 nitrogen and oxygen atoms in total. The molecular weight excluding hydrogens is 209 g/mol. The van der Waals surface area contributed by atoms with Crippen molar-refractivity contribution in [2.75, 3.05) is 13.7 Å². The van der Waals surface area contributed by atoms with Gasteiger partial charge >= 0.3 is 0 Å². The van der Waals surface area contributed by atoms with Gasteiger partial charge < -0.3 is 15.2 Å². The van der Waals surface area contributed by atoms with E-state index in [9.17, 15) is 9.50 Å². The van der Waals surface area contributed by atoms with Crippen molar-refractivity contribution >= 4 is 0 Å². The lowest BCUT2D eigenvalue weighted by molar-refractivity contribution is 0.333. The first-order valence-electron chi connectivity index (χ1n) is 5.39. The van der Waals surface area contributed by atoms with Crippen LogP contribution in [0.15, 0.2) is 12.1 Å². The van der Waals surface area contributed by atoms with E-state index in [0.717, 1.165) is 24.9 Å². The molecule has 0 spiro atoms.